The molecule has 4 heteroatoms. The summed E-state index contributed by atoms with van der Waals surface area (Å²) >= 11 is 0. The second kappa shape index (κ2) is 6.67. The Morgan fingerprint density at radius 2 is 2.13 bits per heavy atom. The molecule has 1 aliphatic heterocycles. The number of amides is 1. The number of carbonyl (C=O) groups is 1. The van der Waals surface area contributed by atoms with Gasteiger partial charge in [-0.3, -0.25) is 9.78 Å². The Morgan fingerprint density at radius 1 is 1.30 bits per heavy atom. The van der Waals surface area contributed by atoms with E-state index in [1.54, 1.807) is 7.11 Å². The second-order valence-electron chi connectivity index (χ2n) is 6.48. The summed E-state index contributed by atoms with van der Waals surface area (Å²) in [6.45, 7) is 6.37. The fraction of sp³-hybridized carbons (Fsp3) is 0.474. The molecule has 1 amide bonds. The molecular weight excluding hydrogens is 288 g/mol. The van der Waals surface area contributed by atoms with E-state index in [1.165, 1.54) is 22.1 Å². The third-order valence-electron chi connectivity index (χ3n) is 4.90. The van der Waals surface area contributed by atoms with Crippen molar-refractivity contribution < 1.29 is 9.53 Å². The van der Waals surface area contributed by atoms with Gasteiger partial charge in [-0.15, -0.1) is 0 Å². The van der Waals surface area contributed by atoms with Crippen LogP contribution in [0.1, 0.15) is 23.1 Å². The lowest BCUT2D eigenvalue weighted by molar-refractivity contribution is -0.128. The highest BCUT2D eigenvalue weighted by molar-refractivity contribution is 5.86. The maximum absolute atomic E-state index is 12.1. The van der Waals surface area contributed by atoms with Crippen LogP contribution < -0.4 is 0 Å². The monoisotopic (exact) mass is 312 g/mol. The Kier molecular flexibility index (Phi) is 4.62. The summed E-state index contributed by atoms with van der Waals surface area (Å²) in [5.74, 6) is 0.629. The van der Waals surface area contributed by atoms with Crippen molar-refractivity contribution in [3.63, 3.8) is 0 Å². The average molecular weight is 312 g/mol. The zero-order valence-corrected chi connectivity index (χ0v) is 14.1. The minimum Gasteiger partial charge on any atom is -0.383 e. The van der Waals surface area contributed by atoms with Crippen molar-refractivity contribution in [1.82, 2.24) is 9.88 Å². The molecule has 1 atom stereocenters. The molecule has 2 heterocycles. The molecule has 1 aromatic carbocycles. The van der Waals surface area contributed by atoms with E-state index in [0.29, 0.717) is 25.5 Å². The van der Waals surface area contributed by atoms with Crippen LogP contribution in [0.15, 0.2) is 24.4 Å². The molecular formula is C19H24N2O2. The minimum atomic E-state index is 0.248. The largest absolute Gasteiger partial charge is 0.383 e. The van der Waals surface area contributed by atoms with Gasteiger partial charge < -0.3 is 9.64 Å². The highest BCUT2D eigenvalue weighted by atomic mass is 16.5. The second-order valence-corrected chi connectivity index (χ2v) is 6.48. The van der Waals surface area contributed by atoms with Crippen molar-refractivity contribution in [2.45, 2.75) is 26.7 Å². The summed E-state index contributed by atoms with van der Waals surface area (Å²) in [5, 5.41) is 1.22. The molecule has 122 valence electrons. The molecule has 1 aliphatic rings. The highest BCUT2D eigenvalue weighted by Gasteiger charge is 2.29. The number of hydrogen-bond acceptors (Lipinski definition) is 3. The molecule has 0 N–H and O–H groups in total. The van der Waals surface area contributed by atoms with E-state index in [-0.39, 0.29) is 5.91 Å². The van der Waals surface area contributed by atoms with Crippen LogP contribution in [0, 0.1) is 19.8 Å². The Balaban J connectivity index is 1.80. The number of benzene rings is 1. The summed E-state index contributed by atoms with van der Waals surface area (Å²) in [5.41, 5.74) is 4.89. The topological polar surface area (TPSA) is 42.4 Å². The normalized spacial score (nSPS) is 18.1. The van der Waals surface area contributed by atoms with E-state index in [2.05, 4.69) is 37.0 Å². The van der Waals surface area contributed by atoms with Crippen LogP contribution in [0.3, 0.4) is 0 Å². The van der Waals surface area contributed by atoms with Gasteiger partial charge in [-0.1, -0.05) is 12.1 Å². The van der Waals surface area contributed by atoms with Crippen molar-refractivity contribution in [3.05, 3.63) is 41.1 Å². The lowest BCUT2D eigenvalue weighted by atomic mass is 9.94. The molecule has 0 spiro atoms. The highest BCUT2D eigenvalue weighted by Crippen LogP contribution is 2.27. The number of hydrogen-bond donors (Lipinski definition) is 0. The van der Waals surface area contributed by atoms with Crippen LogP contribution in [0.4, 0.5) is 0 Å². The summed E-state index contributed by atoms with van der Waals surface area (Å²) in [7, 11) is 1.67. The van der Waals surface area contributed by atoms with Gasteiger partial charge in [-0.05, 0) is 48.9 Å². The predicted molar refractivity (Wildman–Crippen MR) is 91.5 cm³/mol. The van der Waals surface area contributed by atoms with E-state index >= 15 is 0 Å². The van der Waals surface area contributed by atoms with Crippen molar-refractivity contribution in [1.29, 1.82) is 0 Å². The average Bonchev–Trinajstić information content (AvgIpc) is 2.89. The standard InChI is InChI=1S/C19H24N2O2/c1-13-4-5-17-16(6-7-20-19(17)14(13)2)10-15-11-18(22)21(12-15)8-9-23-3/h4-7,15H,8-12H2,1-3H3/t15-/m0/s1. The Labute approximate surface area is 137 Å². The third-order valence-corrected chi connectivity index (χ3v) is 4.90. The van der Waals surface area contributed by atoms with Crippen molar-refractivity contribution in [2.24, 2.45) is 5.92 Å². The van der Waals surface area contributed by atoms with E-state index in [9.17, 15) is 4.79 Å². The first-order valence-electron chi connectivity index (χ1n) is 8.20. The van der Waals surface area contributed by atoms with E-state index in [1.807, 2.05) is 11.1 Å². The zero-order valence-electron chi connectivity index (χ0n) is 14.1. The quantitative estimate of drug-likeness (QED) is 0.852. The summed E-state index contributed by atoms with van der Waals surface area (Å²) < 4.78 is 5.09. The van der Waals surface area contributed by atoms with E-state index < -0.39 is 0 Å². The van der Waals surface area contributed by atoms with Gasteiger partial charge in [-0.25, -0.2) is 0 Å². The van der Waals surface area contributed by atoms with Crippen LogP contribution in [0.2, 0.25) is 0 Å². The molecule has 0 saturated carbocycles. The van der Waals surface area contributed by atoms with Crippen molar-refractivity contribution in [3.8, 4) is 0 Å². The van der Waals surface area contributed by atoms with Gasteiger partial charge in [0.25, 0.3) is 0 Å². The number of pyridine rings is 1. The number of methoxy groups -OCH3 is 1. The molecule has 0 aliphatic carbocycles. The van der Waals surface area contributed by atoms with Gasteiger partial charge in [0.1, 0.15) is 0 Å². The van der Waals surface area contributed by atoms with Gasteiger partial charge in [0.05, 0.1) is 12.1 Å². The predicted octanol–water partition coefficient (Wildman–Crippen LogP) is 2.89. The van der Waals surface area contributed by atoms with Crippen molar-refractivity contribution >= 4 is 16.8 Å². The number of carbonyl (C=O) groups excluding carboxylic acids is 1. The smallest absolute Gasteiger partial charge is 0.223 e. The summed E-state index contributed by atoms with van der Waals surface area (Å²) in [4.78, 5) is 18.6. The van der Waals surface area contributed by atoms with E-state index in [0.717, 1.165) is 18.5 Å². The van der Waals surface area contributed by atoms with Gasteiger partial charge in [-0.2, -0.15) is 0 Å². The van der Waals surface area contributed by atoms with Gasteiger partial charge in [0.2, 0.25) is 5.91 Å². The van der Waals surface area contributed by atoms with Crippen LogP contribution in [-0.4, -0.2) is 42.6 Å². The maximum Gasteiger partial charge on any atom is 0.223 e. The first-order chi connectivity index (χ1) is 11.1. The molecule has 0 unspecified atom stereocenters. The molecule has 0 bridgehead atoms. The maximum atomic E-state index is 12.1. The number of fused-ring (bicyclic) bond motifs is 1. The molecule has 2 aromatic rings. The minimum absolute atomic E-state index is 0.248. The first-order valence-corrected chi connectivity index (χ1v) is 8.20. The number of aryl methyl sites for hydroxylation is 2. The fourth-order valence-electron chi connectivity index (χ4n) is 3.42. The molecule has 1 saturated heterocycles. The lowest BCUT2D eigenvalue weighted by Crippen LogP contribution is -2.28. The number of rotatable bonds is 5. The van der Waals surface area contributed by atoms with Gasteiger partial charge in [0.15, 0.2) is 0 Å². The number of aromatic nitrogens is 1. The summed E-state index contributed by atoms with van der Waals surface area (Å²) in [6.07, 6.45) is 3.46. The van der Waals surface area contributed by atoms with Crippen LogP contribution in [-0.2, 0) is 16.0 Å². The zero-order chi connectivity index (χ0) is 16.4. The molecule has 3 rings (SSSR count). The lowest BCUT2D eigenvalue weighted by Gasteiger charge is -2.16. The summed E-state index contributed by atoms with van der Waals surface area (Å²) in [6, 6.07) is 6.42. The Bertz CT molecular complexity index is 727. The SMILES string of the molecule is COCCN1C[C@@H](Cc2ccnc3c(C)c(C)ccc23)CC1=O. The molecule has 1 aromatic heterocycles. The van der Waals surface area contributed by atoms with Gasteiger partial charge in [0, 0.05) is 38.2 Å². The number of likely N-dealkylation sites (tertiary alicyclic amines) is 1. The van der Waals surface area contributed by atoms with Gasteiger partial charge >= 0.3 is 0 Å². The Morgan fingerprint density at radius 3 is 2.91 bits per heavy atom. The Hall–Kier alpha value is -1.94. The molecule has 1 fully saturated rings. The molecule has 0 radical (unpaired) electrons. The third kappa shape index (κ3) is 3.22. The fourth-order valence-corrected chi connectivity index (χ4v) is 3.42. The first kappa shape index (κ1) is 15.9. The van der Waals surface area contributed by atoms with E-state index in [4.69, 9.17) is 4.74 Å². The molecule has 4 nitrogen and oxygen atoms in total. The van der Waals surface area contributed by atoms with Crippen molar-refractivity contribution in [2.75, 3.05) is 26.8 Å². The van der Waals surface area contributed by atoms with Crippen LogP contribution in [0.25, 0.3) is 10.9 Å². The van der Waals surface area contributed by atoms with Crippen LogP contribution in [0.5, 0.6) is 0 Å². The number of nitrogens with zero attached hydrogens (tertiary/aromatic N) is 2. The number of ether oxygens (including phenoxy) is 1. The van der Waals surface area contributed by atoms with Crippen LogP contribution >= 0.6 is 0 Å². The molecule has 23 heavy (non-hydrogen) atoms.